The lowest BCUT2D eigenvalue weighted by Crippen LogP contribution is -2.33. The second-order valence-corrected chi connectivity index (χ2v) is 6.07. The highest BCUT2D eigenvalue weighted by molar-refractivity contribution is 9.10. The largest absolute Gasteiger partial charge is 0.382 e. The summed E-state index contributed by atoms with van der Waals surface area (Å²) in [6, 6.07) is 9.13. The Kier molecular flexibility index (Phi) is 3.91. The number of nitrogens with one attached hydrogen (secondary N) is 1. The molecule has 1 aliphatic rings. The quantitative estimate of drug-likeness (QED) is 0.830. The van der Waals surface area contributed by atoms with Crippen molar-refractivity contribution in [3.8, 4) is 0 Å². The zero-order chi connectivity index (χ0) is 11.5. The minimum atomic E-state index is 0.643. The fraction of sp³-hybridized carbons (Fsp3) is 0.571. The van der Waals surface area contributed by atoms with E-state index >= 15 is 0 Å². The Morgan fingerprint density at radius 2 is 1.81 bits per heavy atom. The lowest BCUT2D eigenvalue weighted by Gasteiger charge is -2.34. The number of rotatable bonds is 2. The van der Waals surface area contributed by atoms with Gasteiger partial charge in [0, 0.05) is 16.2 Å². The smallest absolute Gasteiger partial charge is 0.0343 e. The molecule has 1 N–H and O–H groups in total. The Balaban J connectivity index is 2.00. The molecule has 0 bridgehead atoms. The Morgan fingerprint density at radius 1 is 1.12 bits per heavy atom. The topological polar surface area (TPSA) is 12.0 Å². The van der Waals surface area contributed by atoms with E-state index in [1.807, 2.05) is 0 Å². The fourth-order valence-electron chi connectivity index (χ4n) is 2.49. The van der Waals surface area contributed by atoms with Gasteiger partial charge < -0.3 is 5.32 Å². The van der Waals surface area contributed by atoms with Crippen LogP contribution in [0.25, 0.3) is 0 Å². The molecule has 1 aromatic carbocycles. The summed E-state index contributed by atoms with van der Waals surface area (Å²) in [6.45, 7) is 4.73. The predicted molar refractivity (Wildman–Crippen MR) is 73.7 cm³/mol. The molecule has 2 rings (SSSR count). The van der Waals surface area contributed by atoms with Crippen LogP contribution >= 0.6 is 15.9 Å². The summed E-state index contributed by atoms with van der Waals surface area (Å²) in [5.74, 6) is 1.66. The first-order valence-corrected chi connectivity index (χ1v) is 6.96. The van der Waals surface area contributed by atoms with Crippen molar-refractivity contribution < 1.29 is 0 Å². The van der Waals surface area contributed by atoms with Crippen LogP contribution in [-0.2, 0) is 0 Å². The Bertz CT molecular complexity index is 333. The van der Waals surface area contributed by atoms with Gasteiger partial charge in [-0.1, -0.05) is 36.2 Å². The zero-order valence-corrected chi connectivity index (χ0v) is 11.6. The van der Waals surface area contributed by atoms with Gasteiger partial charge in [0.2, 0.25) is 0 Å². The van der Waals surface area contributed by atoms with Crippen LogP contribution < -0.4 is 5.32 Å². The van der Waals surface area contributed by atoms with Crippen molar-refractivity contribution in [2.45, 2.75) is 39.2 Å². The van der Waals surface area contributed by atoms with Gasteiger partial charge in [-0.05, 0) is 48.9 Å². The maximum atomic E-state index is 3.67. The number of hydrogen-bond acceptors (Lipinski definition) is 1. The zero-order valence-electron chi connectivity index (χ0n) is 10.0. The number of halogens is 1. The van der Waals surface area contributed by atoms with E-state index in [1.165, 1.54) is 24.9 Å². The molecular weight excluding hydrogens is 262 g/mol. The molecule has 0 saturated heterocycles. The minimum absolute atomic E-state index is 0.643. The molecule has 2 heteroatoms. The van der Waals surface area contributed by atoms with Crippen LogP contribution in [0.4, 0.5) is 5.69 Å². The third-order valence-electron chi connectivity index (χ3n) is 3.65. The lowest BCUT2D eigenvalue weighted by molar-refractivity contribution is 0.281. The minimum Gasteiger partial charge on any atom is -0.382 e. The first-order valence-electron chi connectivity index (χ1n) is 6.17. The van der Waals surface area contributed by atoms with Gasteiger partial charge in [0.05, 0.1) is 0 Å². The van der Waals surface area contributed by atoms with Crippen LogP contribution in [0.5, 0.6) is 0 Å². The molecule has 1 nitrogen and oxygen atoms in total. The van der Waals surface area contributed by atoms with Gasteiger partial charge in [-0.25, -0.2) is 0 Å². The van der Waals surface area contributed by atoms with Crippen molar-refractivity contribution in [3.05, 3.63) is 28.7 Å². The number of anilines is 1. The molecule has 0 aliphatic heterocycles. The van der Waals surface area contributed by atoms with E-state index in [4.69, 9.17) is 0 Å². The Labute approximate surface area is 107 Å². The van der Waals surface area contributed by atoms with E-state index in [0.29, 0.717) is 6.04 Å². The van der Waals surface area contributed by atoms with Crippen LogP contribution in [0.3, 0.4) is 0 Å². The summed E-state index contributed by atoms with van der Waals surface area (Å²) in [4.78, 5) is 0. The highest BCUT2D eigenvalue weighted by atomic mass is 79.9. The van der Waals surface area contributed by atoms with E-state index in [1.54, 1.807) is 0 Å². The molecule has 0 heterocycles. The Morgan fingerprint density at radius 3 is 2.50 bits per heavy atom. The van der Waals surface area contributed by atoms with E-state index in [-0.39, 0.29) is 0 Å². The van der Waals surface area contributed by atoms with Crippen LogP contribution in [0, 0.1) is 11.8 Å². The summed E-state index contributed by atoms with van der Waals surface area (Å²) < 4.78 is 1.14. The molecule has 0 radical (unpaired) electrons. The predicted octanol–water partition coefficient (Wildman–Crippen LogP) is 4.69. The molecule has 16 heavy (non-hydrogen) atoms. The van der Waals surface area contributed by atoms with Crippen LogP contribution in [0.15, 0.2) is 28.7 Å². The molecule has 1 aliphatic carbocycles. The average molecular weight is 282 g/mol. The van der Waals surface area contributed by atoms with Gasteiger partial charge >= 0.3 is 0 Å². The van der Waals surface area contributed by atoms with Crippen molar-refractivity contribution in [2.75, 3.05) is 5.32 Å². The van der Waals surface area contributed by atoms with Crippen molar-refractivity contribution in [1.82, 2.24) is 0 Å². The van der Waals surface area contributed by atoms with Crippen molar-refractivity contribution >= 4 is 21.6 Å². The molecule has 0 spiro atoms. The van der Waals surface area contributed by atoms with Gasteiger partial charge in [-0.3, -0.25) is 0 Å². The third-order valence-corrected chi connectivity index (χ3v) is 4.18. The molecule has 88 valence electrons. The summed E-state index contributed by atoms with van der Waals surface area (Å²) in [7, 11) is 0. The van der Waals surface area contributed by atoms with Gasteiger partial charge in [0.1, 0.15) is 0 Å². The molecule has 1 saturated carbocycles. The molecule has 0 aromatic heterocycles. The molecule has 0 amide bonds. The first-order chi connectivity index (χ1) is 7.65. The molecule has 1 aromatic rings. The van der Waals surface area contributed by atoms with Gasteiger partial charge in [0.15, 0.2) is 0 Å². The SMILES string of the molecule is CC1CCC(C)C(Nc2ccc(Br)cc2)C1. The van der Waals surface area contributed by atoms with Crippen LogP contribution in [0.2, 0.25) is 0 Å². The van der Waals surface area contributed by atoms with Crippen LogP contribution in [-0.4, -0.2) is 6.04 Å². The third kappa shape index (κ3) is 3.00. The number of benzene rings is 1. The summed E-state index contributed by atoms with van der Waals surface area (Å²) in [5.41, 5.74) is 1.24. The molecule has 3 unspecified atom stereocenters. The van der Waals surface area contributed by atoms with Crippen LogP contribution in [0.1, 0.15) is 33.1 Å². The Hall–Kier alpha value is -0.500. The summed E-state index contributed by atoms with van der Waals surface area (Å²) in [5, 5.41) is 3.67. The van der Waals surface area contributed by atoms with Gasteiger partial charge in [-0.2, -0.15) is 0 Å². The highest BCUT2D eigenvalue weighted by Crippen LogP contribution is 2.30. The first kappa shape index (κ1) is 12.0. The average Bonchev–Trinajstić information content (AvgIpc) is 2.27. The second-order valence-electron chi connectivity index (χ2n) is 5.15. The van der Waals surface area contributed by atoms with Gasteiger partial charge in [0.25, 0.3) is 0 Å². The molecular formula is C14H20BrN. The van der Waals surface area contributed by atoms with Gasteiger partial charge in [-0.15, -0.1) is 0 Å². The standard InChI is InChI=1S/C14H20BrN/c1-10-3-4-11(2)14(9-10)16-13-7-5-12(15)6-8-13/h5-8,10-11,14,16H,3-4,9H2,1-2H3. The fourth-order valence-corrected chi connectivity index (χ4v) is 2.76. The molecule has 1 fully saturated rings. The van der Waals surface area contributed by atoms with Crippen molar-refractivity contribution in [2.24, 2.45) is 11.8 Å². The maximum Gasteiger partial charge on any atom is 0.0343 e. The maximum absolute atomic E-state index is 3.67. The van der Waals surface area contributed by atoms with E-state index in [9.17, 15) is 0 Å². The van der Waals surface area contributed by atoms with E-state index in [2.05, 4.69) is 59.4 Å². The number of hydrogen-bond donors (Lipinski definition) is 1. The molecule has 3 atom stereocenters. The van der Waals surface area contributed by atoms with E-state index < -0.39 is 0 Å². The summed E-state index contributed by atoms with van der Waals surface area (Å²) in [6.07, 6.45) is 4.05. The lowest BCUT2D eigenvalue weighted by atomic mass is 9.80. The summed E-state index contributed by atoms with van der Waals surface area (Å²) >= 11 is 3.46. The normalized spacial score (nSPS) is 30.1. The highest BCUT2D eigenvalue weighted by Gasteiger charge is 2.25. The van der Waals surface area contributed by atoms with E-state index in [0.717, 1.165) is 16.3 Å². The van der Waals surface area contributed by atoms with Crippen molar-refractivity contribution in [3.63, 3.8) is 0 Å². The monoisotopic (exact) mass is 281 g/mol. The second kappa shape index (κ2) is 5.22. The van der Waals surface area contributed by atoms with Crippen molar-refractivity contribution in [1.29, 1.82) is 0 Å².